The van der Waals surface area contributed by atoms with Gasteiger partial charge in [-0.2, -0.15) is 13.2 Å². The van der Waals surface area contributed by atoms with Crippen molar-refractivity contribution in [1.82, 2.24) is 9.88 Å². The zero-order valence-corrected chi connectivity index (χ0v) is 16.7. The first kappa shape index (κ1) is 20.6. The van der Waals surface area contributed by atoms with E-state index in [0.29, 0.717) is 29.0 Å². The van der Waals surface area contributed by atoms with E-state index in [0.717, 1.165) is 30.3 Å². The molecule has 9 heteroatoms. The number of ether oxygens (including phenoxy) is 1. The lowest BCUT2D eigenvalue weighted by Gasteiger charge is -2.20. The Morgan fingerprint density at radius 2 is 2.18 bits per heavy atom. The van der Waals surface area contributed by atoms with E-state index < -0.39 is 11.7 Å². The van der Waals surface area contributed by atoms with Crippen LogP contribution in [0.2, 0.25) is 0 Å². The molecule has 1 aliphatic rings. The third kappa shape index (κ3) is 4.47. The molecule has 28 heavy (non-hydrogen) atoms. The van der Waals surface area contributed by atoms with Crippen LogP contribution in [0.5, 0.6) is 5.75 Å². The number of aromatic nitrogens is 1. The van der Waals surface area contributed by atoms with Crippen LogP contribution in [0.15, 0.2) is 18.2 Å². The molecule has 152 valence electrons. The molecule has 1 saturated heterocycles. The predicted octanol–water partition coefficient (Wildman–Crippen LogP) is 4.78. The fourth-order valence-electron chi connectivity index (χ4n) is 3.38. The summed E-state index contributed by atoms with van der Waals surface area (Å²) in [7, 11) is 1.21. The lowest BCUT2D eigenvalue weighted by molar-refractivity contribution is -0.138. The fraction of sp³-hybridized carbons (Fsp3) is 0.474. The Kier molecular flexibility index (Phi) is 5.95. The molecule has 1 N–H and O–H groups in total. The number of amides is 1. The molecule has 1 aromatic heterocycles. The number of rotatable bonds is 5. The highest BCUT2D eigenvalue weighted by Crippen LogP contribution is 2.40. The smallest absolute Gasteiger partial charge is 0.419 e. The summed E-state index contributed by atoms with van der Waals surface area (Å²) < 4.78 is 45.1. The Labute approximate surface area is 165 Å². The van der Waals surface area contributed by atoms with Gasteiger partial charge >= 0.3 is 6.18 Å². The van der Waals surface area contributed by atoms with Crippen molar-refractivity contribution in [1.29, 1.82) is 0 Å². The number of methoxy groups -OCH3 is 1. The molecule has 0 bridgehead atoms. The molecule has 0 unspecified atom stereocenters. The van der Waals surface area contributed by atoms with Crippen molar-refractivity contribution in [2.75, 3.05) is 19.0 Å². The largest absolute Gasteiger partial charge is 0.496 e. The average molecular weight is 413 g/mol. The van der Waals surface area contributed by atoms with E-state index in [2.05, 4.69) is 22.1 Å². The van der Waals surface area contributed by atoms with Crippen molar-refractivity contribution in [3.05, 3.63) is 28.6 Å². The third-order valence-electron chi connectivity index (χ3n) is 4.80. The van der Waals surface area contributed by atoms with Gasteiger partial charge in [-0.3, -0.25) is 9.69 Å². The van der Waals surface area contributed by atoms with Gasteiger partial charge in [-0.15, -0.1) is 0 Å². The number of alkyl halides is 3. The first-order valence-corrected chi connectivity index (χ1v) is 9.77. The fourth-order valence-corrected chi connectivity index (χ4v) is 4.43. The van der Waals surface area contributed by atoms with Crippen LogP contribution in [-0.2, 0) is 17.5 Å². The minimum Gasteiger partial charge on any atom is -0.496 e. The van der Waals surface area contributed by atoms with Crippen LogP contribution < -0.4 is 10.1 Å². The van der Waals surface area contributed by atoms with Gasteiger partial charge in [0, 0.05) is 30.0 Å². The number of anilines is 1. The van der Waals surface area contributed by atoms with Crippen molar-refractivity contribution in [3.63, 3.8) is 0 Å². The maximum Gasteiger partial charge on any atom is 0.419 e. The summed E-state index contributed by atoms with van der Waals surface area (Å²) in [5.74, 6) is -0.504. The summed E-state index contributed by atoms with van der Waals surface area (Å²) in [6.45, 7) is 5.03. The van der Waals surface area contributed by atoms with Crippen LogP contribution in [0.4, 0.5) is 18.3 Å². The summed E-state index contributed by atoms with van der Waals surface area (Å²) >= 11 is 1.30. The van der Waals surface area contributed by atoms with Crippen molar-refractivity contribution in [2.45, 2.75) is 45.5 Å². The van der Waals surface area contributed by atoms with E-state index in [4.69, 9.17) is 4.74 Å². The van der Waals surface area contributed by atoms with Gasteiger partial charge in [-0.25, -0.2) is 4.98 Å². The maximum absolute atomic E-state index is 13.4. The van der Waals surface area contributed by atoms with Crippen LogP contribution in [0.3, 0.4) is 0 Å². The van der Waals surface area contributed by atoms with Gasteiger partial charge in [-0.05, 0) is 44.5 Å². The number of carbonyl (C=O) groups is 1. The molecule has 2 aromatic rings. The molecule has 1 aromatic carbocycles. The molecule has 1 fully saturated rings. The first-order chi connectivity index (χ1) is 13.2. The SMILES string of the molecule is COc1ccc(-c2nc(NC(C)=O)sc2CN2CCC[C@H]2C)cc1C(F)(F)F. The van der Waals surface area contributed by atoms with E-state index >= 15 is 0 Å². The minimum atomic E-state index is -4.54. The van der Waals surface area contributed by atoms with Crippen LogP contribution in [0.1, 0.15) is 37.1 Å². The lowest BCUT2D eigenvalue weighted by Crippen LogP contribution is -2.25. The van der Waals surface area contributed by atoms with Gasteiger partial charge in [0.25, 0.3) is 0 Å². The standard InChI is InChI=1S/C19H22F3N3O2S/c1-11-5-4-8-25(11)10-16-17(24-18(28-16)23-12(2)26)13-6-7-15(27-3)14(9-13)19(20,21)22/h6-7,9,11H,4-5,8,10H2,1-3H3,(H,23,24,26)/t11-/m1/s1. The summed E-state index contributed by atoms with van der Waals surface area (Å²) in [6.07, 6.45) is -2.36. The van der Waals surface area contributed by atoms with E-state index in [1.54, 1.807) is 6.07 Å². The highest BCUT2D eigenvalue weighted by Gasteiger charge is 2.35. The third-order valence-corrected chi connectivity index (χ3v) is 5.75. The van der Waals surface area contributed by atoms with Gasteiger partial charge in [0.05, 0.1) is 18.4 Å². The second kappa shape index (κ2) is 8.08. The Morgan fingerprint density at radius 1 is 1.43 bits per heavy atom. The second-order valence-corrected chi connectivity index (χ2v) is 7.93. The van der Waals surface area contributed by atoms with Gasteiger partial charge in [0.2, 0.25) is 5.91 Å². The quantitative estimate of drug-likeness (QED) is 0.767. The number of hydrogen-bond donors (Lipinski definition) is 1. The average Bonchev–Trinajstić information content (AvgIpc) is 3.19. The molecule has 3 rings (SSSR count). The molecule has 1 aliphatic heterocycles. The van der Waals surface area contributed by atoms with E-state index in [9.17, 15) is 18.0 Å². The van der Waals surface area contributed by atoms with E-state index in [-0.39, 0.29) is 11.7 Å². The minimum absolute atomic E-state index is 0.233. The number of carbonyl (C=O) groups excluding carboxylic acids is 1. The zero-order chi connectivity index (χ0) is 20.5. The Bertz CT molecular complexity index is 867. The highest BCUT2D eigenvalue weighted by atomic mass is 32.1. The molecule has 0 radical (unpaired) electrons. The van der Waals surface area contributed by atoms with E-state index in [1.165, 1.54) is 31.4 Å². The molecule has 1 atom stereocenters. The summed E-state index contributed by atoms with van der Waals surface area (Å²) in [5.41, 5.74) is -0.0362. The van der Waals surface area contributed by atoms with Crippen LogP contribution in [0.25, 0.3) is 11.3 Å². The van der Waals surface area contributed by atoms with Gasteiger partial charge in [0.15, 0.2) is 5.13 Å². The van der Waals surface area contributed by atoms with Crippen molar-refractivity contribution < 1.29 is 22.7 Å². The highest BCUT2D eigenvalue weighted by molar-refractivity contribution is 7.16. The second-order valence-electron chi connectivity index (χ2n) is 6.85. The topological polar surface area (TPSA) is 54.5 Å². The molecule has 0 aliphatic carbocycles. The molecule has 1 amide bonds. The van der Waals surface area contributed by atoms with Crippen molar-refractivity contribution >= 4 is 22.4 Å². The Hall–Kier alpha value is -2.13. The van der Waals surface area contributed by atoms with Crippen LogP contribution in [-0.4, -0.2) is 35.5 Å². The summed E-state index contributed by atoms with van der Waals surface area (Å²) in [5, 5.41) is 3.02. The molecule has 0 spiro atoms. The number of nitrogens with one attached hydrogen (secondary N) is 1. The van der Waals surface area contributed by atoms with Gasteiger partial charge < -0.3 is 10.1 Å². The van der Waals surface area contributed by atoms with Crippen molar-refractivity contribution in [2.24, 2.45) is 0 Å². The number of benzene rings is 1. The summed E-state index contributed by atoms with van der Waals surface area (Å²) in [4.78, 5) is 18.9. The Morgan fingerprint density at radius 3 is 2.75 bits per heavy atom. The first-order valence-electron chi connectivity index (χ1n) is 8.96. The van der Waals surface area contributed by atoms with Crippen LogP contribution >= 0.6 is 11.3 Å². The monoisotopic (exact) mass is 413 g/mol. The predicted molar refractivity (Wildman–Crippen MR) is 103 cm³/mol. The Balaban J connectivity index is 2.04. The molecule has 0 saturated carbocycles. The number of nitrogens with zero attached hydrogens (tertiary/aromatic N) is 2. The number of halogens is 3. The van der Waals surface area contributed by atoms with Gasteiger partial charge in [-0.1, -0.05) is 11.3 Å². The molecular formula is C19H22F3N3O2S. The zero-order valence-electron chi connectivity index (χ0n) is 15.9. The normalized spacial score (nSPS) is 17.7. The number of likely N-dealkylation sites (tertiary alicyclic amines) is 1. The number of hydrogen-bond acceptors (Lipinski definition) is 5. The van der Waals surface area contributed by atoms with E-state index in [1.807, 2.05) is 0 Å². The molecular weight excluding hydrogens is 391 g/mol. The van der Waals surface area contributed by atoms with Crippen LogP contribution in [0, 0.1) is 0 Å². The van der Waals surface area contributed by atoms with Gasteiger partial charge in [0.1, 0.15) is 5.75 Å². The van der Waals surface area contributed by atoms with Crippen molar-refractivity contribution in [3.8, 4) is 17.0 Å². The number of thiazole rings is 1. The maximum atomic E-state index is 13.4. The lowest BCUT2D eigenvalue weighted by atomic mass is 10.1. The summed E-state index contributed by atoms with van der Waals surface area (Å²) in [6, 6.07) is 4.33. The molecule has 5 nitrogen and oxygen atoms in total. The molecule has 2 heterocycles.